The van der Waals surface area contributed by atoms with E-state index in [4.69, 9.17) is 11.6 Å². The Bertz CT molecular complexity index is 346. The molecule has 0 aliphatic rings. The molecule has 15 heavy (non-hydrogen) atoms. The van der Waals surface area contributed by atoms with E-state index < -0.39 is 0 Å². The first-order chi connectivity index (χ1) is 6.96. The summed E-state index contributed by atoms with van der Waals surface area (Å²) in [4.78, 5) is 11.8. The molecule has 1 heterocycles. The number of nitrogens with zero attached hydrogens (tertiary/aromatic N) is 1. The summed E-state index contributed by atoms with van der Waals surface area (Å²) >= 11 is 5.66. The number of amides is 1. The van der Waals surface area contributed by atoms with Crippen LogP contribution in [0.5, 0.6) is 0 Å². The summed E-state index contributed by atoms with van der Waals surface area (Å²) in [5.41, 5.74) is 1.06. The summed E-state index contributed by atoms with van der Waals surface area (Å²) in [5.74, 6) is 0.411. The van der Waals surface area contributed by atoms with Crippen molar-refractivity contribution in [3.8, 4) is 0 Å². The Morgan fingerprint density at radius 3 is 2.80 bits per heavy atom. The highest BCUT2D eigenvalue weighted by atomic mass is 35.5. The van der Waals surface area contributed by atoms with Crippen LogP contribution in [0.15, 0.2) is 6.20 Å². The zero-order valence-corrected chi connectivity index (χ0v) is 9.98. The number of aryl methyl sites for hydroxylation is 1. The van der Waals surface area contributed by atoms with Crippen molar-refractivity contribution in [2.75, 3.05) is 5.88 Å². The lowest BCUT2D eigenvalue weighted by atomic mass is 10.0. The topological polar surface area (TPSA) is 57.8 Å². The summed E-state index contributed by atoms with van der Waals surface area (Å²) in [7, 11) is 0. The van der Waals surface area contributed by atoms with Gasteiger partial charge in [0.05, 0.1) is 11.8 Å². The molecular weight excluding hydrogens is 214 g/mol. The fourth-order valence-corrected chi connectivity index (χ4v) is 1.73. The van der Waals surface area contributed by atoms with Gasteiger partial charge in [-0.1, -0.05) is 0 Å². The number of aromatic nitrogens is 2. The second-order valence-electron chi connectivity index (χ2n) is 4.19. The summed E-state index contributed by atoms with van der Waals surface area (Å²) in [6.07, 6.45) is 2.26. The minimum Gasteiger partial charge on any atom is -0.347 e. The first-order valence-electron chi connectivity index (χ1n) is 4.85. The predicted molar refractivity (Wildman–Crippen MR) is 60.2 cm³/mol. The maximum Gasteiger partial charge on any atom is 0.255 e. The molecule has 1 aromatic heterocycles. The monoisotopic (exact) mass is 229 g/mol. The van der Waals surface area contributed by atoms with Gasteiger partial charge in [-0.05, 0) is 27.2 Å². The number of carbonyl (C=O) groups excluding carboxylic acids is 1. The molecule has 0 unspecified atom stereocenters. The summed E-state index contributed by atoms with van der Waals surface area (Å²) in [6, 6.07) is 0. The normalized spacial score (nSPS) is 11.5. The van der Waals surface area contributed by atoms with Crippen LogP contribution in [0.3, 0.4) is 0 Å². The number of H-pyrrole nitrogens is 1. The Balaban J connectivity index is 2.68. The average Bonchev–Trinajstić information content (AvgIpc) is 2.50. The quantitative estimate of drug-likeness (QED) is 0.775. The summed E-state index contributed by atoms with van der Waals surface area (Å²) in [6.45, 7) is 5.71. The van der Waals surface area contributed by atoms with Gasteiger partial charge in [0.15, 0.2) is 0 Å². The molecule has 5 heteroatoms. The van der Waals surface area contributed by atoms with E-state index in [2.05, 4.69) is 15.5 Å². The van der Waals surface area contributed by atoms with Crippen LogP contribution >= 0.6 is 11.6 Å². The fraction of sp³-hybridized carbons (Fsp3) is 0.600. The van der Waals surface area contributed by atoms with Crippen molar-refractivity contribution in [2.24, 2.45) is 0 Å². The van der Waals surface area contributed by atoms with Crippen LogP contribution in [-0.4, -0.2) is 27.5 Å². The smallest absolute Gasteiger partial charge is 0.255 e. The van der Waals surface area contributed by atoms with Gasteiger partial charge >= 0.3 is 0 Å². The third-order valence-electron chi connectivity index (χ3n) is 2.25. The molecule has 0 saturated carbocycles. The van der Waals surface area contributed by atoms with Crippen LogP contribution in [0.2, 0.25) is 0 Å². The highest BCUT2D eigenvalue weighted by molar-refractivity contribution is 6.17. The third-order valence-corrected chi connectivity index (χ3v) is 2.43. The van der Waals surface area contributed by atoms with E-state index in [1.165, 1.54) is 6.20 Å². The van der Waals surface area contributed by atoms with Crippen LogP contribution in [-0.2, 0) is 0 Å². The van der Waals surface area contributed by atoms with E-state index in [1.807, 2.05) is 20.8 Å². The van der Waals surface area contributed by atoms with E-state index in [0.29, 0.717) is 11.4 Å². The molecule has 0 fully saturated rings. The molecule has 4 nitrogen and oxygen atoms in total. The van der Waals surface area contributed by atoms with Crippen molar-refractivity contribution in [1.29, 1.82) is 0 Å². The predicted octanol–water partition coefficient (Wildman–Crippen LogP) is 1.86. The minimum atomic E-state index is -0.289. The SMILES string of the molecule is Cc1[nH]ncc1C(=O)NC(C)(C)CCCl. The van der Waals surface area contributed by atoms with Crippen LogP contribution in [0.1, 0.15) is 36.3 Å². The highest BCUT2D eigenvalue weighted by Crippen LogP contribution is 2.11. The zero-order valence-electron chi connectivity index (χ0n) is 9.22. The molecule has 1 rings (SSSR count). The zero-order chi connectivity index (χ0) is 11.5. The standard InChI is InChI=1S/C10H16ClN3O/c1-7-8(6-12-14-7)9(15)13-10(2,3)4-5-11/h6H,4-5H2,1-3H3,(H,12,14)(H,13,15). The molecule has 84 valence electrons. The van der Waals surface area contributed by atoms with Gasteiger partial charge in [-0.3, -0.25) is 9.89 Å². The second-order valence-corrected chi connectivity index (χ2v) is 4.56. The highest BCUT2D eigenvalue weighted by Gasteiger charge is 2.21. The van der Waals surface area contributed by atoms with Crippen LogP contribution in [0.25, 0.3) is 0 Å². The minimum absolute atomic E-state index is 0.114. The molecule has 2 N–H and O–H groups in total. The number of aromatic amines is 1. The van der Waals surface area contributed by atoms with Crippen molar-refractivity contribution in [2.45, 2.75) is 32.7 Å². The number of alkyl halides is 1. The lowest BCUT2D eigenvalue weighted by Crippen LogP contribution is -2.43. The maximum absolute atomic E-state index is 11.8. The largest absolute Gasteiger partial charge is 0.347 e. The van der Waals surface area contributed by atoms with Crippen molar-refractivity contribution in [1.82, 2.24) is 15.5 Å². The Hall–Kier alpha value is -1.03. The van der Waals surface area contributed by atoms with Crippen LogP contribution in [0.4, 0.5) is 0 Å². The van der Waals surface area contributed by atoms with Crippen molar-refractivity contribution < 1.29 is 4.79 Å². The van der Waals surface area contributed by atoms with E-state index in [-0.39, 0.29) is 11.4 Å². The van der Waals surface area contributed by atoms with Crippen LogP contribution in [0, 0.1) is 6.92 Å². The molecule has 0 bridgehead atoms. The number of hydrogen-bond acceptors (Lipinski definition) is 2. The lowest BCUT2D eigenvalue weighted by molar-refractivity contribution is 0.0911. The van der Waals surface area contributed by atoms with Gasteiger partial charge in [0, 0.05) is 17.1 Å². The van der Waals surface area contributed by atoms with Gasteiger partial charge in [-0.25, -0.2) is 0 Å². The molecule has 0 aliphatic carbocycles. The first kappa shape index (κ1) is 12.0. The van der Waals surface area contributed by atoms with E-state index in [9.17, 15) is 4.79 Å². The number of carbonyl (C=O) groups is 1. The molecule has 0 radical (unpaired) electrons. The molecule has 0 spiro atoms. The number of halogens is 1. The van der Waals surface area contributed by atoms with Gasteiger partial charge < -0.3 is 5.32 Å². The Kier molecular flexibility index (Phi) is 3.74. The first-order valence-corrected chi connectivity index (χ1v) is 5.38. The molecule has 0 atom stereocenters. The Morgan fingerprint density at radius 1 is 1.67 bits per heavy atom. The van der Waals surface area contributed by atoms with E-state index in [0.717, 1.165) is 12.1 Å². The number of hydrogen-bond donors (Lipinski definition) is 2. The Labute approximate surface area is 94.4 Å². The molecule has 0 aromatic carbocycles. The summed E-state index contributed by atoms with van der Waals surface area (Å²) < 4.78 is 0. The van der Waals surface area contributed by atoms with Gasteiger partial charge in [0.25, 0.3) is 5.91 Å². The third kappa shape index (κ3) is 3.23. The van der Waals surface area contributed by atoms with Gasteiger partial charge in [-0.15, -0.1) is 11.6 Å². The van der Waals surface area contributed by atoms with E-state index in [1.54, 1.807) is 0 Å². The average molecular weight is 230 g/mol. The maximum atomic E-state index is 11.8. The van der Waals surface area contributed by atoms with Crippen molar-refractivity contribution >= 4 is 17.5 Å². The lowest BCUT2D eigenvalue weighted by Gasteiger charge is -2.25. The van der Waals surface area contributed by atoms with Gasteiger partial charge in [0.2, 0.25) is 0 Å². The Morgan fingerprint density at radius 2 is 2.33 bits per heavy atom. The number of rotatable bonds is 4. The second kappa shape index (κ2) is 4.66. The molecule has 1 amide bonds. The van der Waals surface area contributed by atoms with Gasteiger partial charge in [0.1, 0.15) is 0 Å². The number of nitrogens with one attached hydrogen (secondary N) is 2. The fourth-order valence-electron chi connectivity index (χ4n) is 1.25. The van der Waals surface area contributed by atoms with Crippen molar-refractivity contribution in [3.63, 3.8) is 0 Å². The van der Waals surface area contributed by atoms with E-state index >= 15 is 0 Å². The molecule has 1 aromatic rings. The van der Waals surface area contributed by atoms with Crippen molar-refractivity contribution in [3.05, 3.63) is 17.5 Å². The molecule has 0 saturated heterocycles. The van der Waals surface area contributed by atoms with Crippen LogP contribution < -0.4 is 5.32 Å². The molecular formula is C10H16ClN3O. The van der Waals surface area contributed by atoms with Gasteiger partial charge in [-0.2, -0.15) is 5.10 Å². The summed E-state index contributed by atoms with van der Waals surface area (Å²) in [5, 5.41) is 9.45. The molecule has 0 aliphatic heterocycles.